The maximum Gasteiger partial charge on any atom is 0.0945 e. The number of hydrogen-bond acceptors (Lipinski definition) is 3. The van der Waals surface area contributed by atoms with Crippen LogP contribution < -0.4 is 5.32 Å². The van der Waals surface area contributed by atoms with E-state index in [4.69, 9.17) is 0 Å². The molecule has 0 spiro atoms. The van der Waals surface area contributed by atoms with Crippen LogP contribution in [0.15, 0.2) is 42.6 Å². The Labute approximate surface area is 123 Å². The van der Waals surface area contributed by atoms with Gasteiger partial charge in [0.25, 0.3) is 0 Å². The van der Waals surface area contributed by atoms with Crippen LogP contribution >= 0.6 is 0 Å². The molecular weight excluding hydrogens is 260 g/mol. The van der Waals surface area contributed by atoms with Crippen LogP contribution in [0, 0.1) is 0 Å². The molecule has 0 amide bonds. The number of aromatic nitrogens is 3. The van der Waals surface area contributed by atoms with E-state index in [-0.39, 0.29) is 0 Å². The molecule has 106 valence electrons. The van der Waals surface area contributed by atoms with Crippen molar-refractivity contribution in [3.05, 3.63) is 48.3 Å². The number of aromatic amines is 1. The highest BCUT2D eigenvalue weighted by Gasteiger charge is 2.18. The van der Waals surface area contributed by atoms with Crippen molar-refractivity contribution in [3.63, 3.8) is 0 Å². The summed E-state index contributed by atoms with van der Waals surface area (Å²) in [5.74, 6) is 0.593. The molecule has 4 nitrogen and oxygen atoms in total. The molecule has 1 aliphatic rings. The Hall–Kier alpha value is -2.20. The molecule has 0 bridgehead atoms. The molecule has 0 atom stereocenters. The minimum absolute atomic E-state index is 0.593. The van der Waals surface area contributed by atoms with Crippen LogP contribution in [0.25, 0.3) is 22.2 Å². The minimum Gasteiger partial charge on any atom is -0.317 e. The summed E-state index contributed by atoms with van der Waals surface area (Å²) in [4.78, 5) is 4.52. The van der Waals surface area contributed by atoms with E-state index in [1.807, 2.05) is 12.3 Å². The molecule has 0 saturated carbocycles. The summed E-state index contributed by atoms with van der Waals surface area (Å²) in [5.41, 5.74) is 4.36. The smallest absolute Gasteiger partial charge is 0.0945 e. The van der Waals surface area contributed by atoms with Crippen molar-refractivity contribution in [3.8, 4) is 11.3 Å². The van der Waals surface area contributed by atoms with Crippen molar-refractivity contribution in [1.29, 1.82) is 0 Å². The number of pyridine rings is 1. The Balaban J connectivity index is 1.74. The number of hydrogen-bond donors (Lipinski definition) is 2. The standard InChI is InChI=1S/C17H18N4/c1-3-13-4-2-8-19-17(13)14(5-1)16-11-15(20-21-16)12-6-9-18-10-7-12/h1-5,8,11-12,18H,6-7,9-10H2,(H,20,21). The van der Waals surface area contributed by atoms with Gasteiger partial charge < -0.3 is 5.32 Å². The van der Waals surface area contributed by atoms with Crippen molar-refractivity contribution >= 4 is 10.9 Å². The van der Waals surface area contributed by atoms with Gasteiger partial charge in [-0.25, -0.2) is 0 Å². The maximum atomic E-state index is 4.53. The Kier molecular flexibility index (Phi) is 3.16. The van der Waals surface area contributed by atoms with Crippen molar-refractivity contribution in [2.45, 2.75) is 18.8 Å². The topological polar surface area (TPSA) is 53.6 Å². The number of fused-ring (bicyclic) bond motifs is 1. The fourth-order valence-corrected chi connectivity index (χ4v) is 3.13. The van der Waals surface area contributed by atoms with E-state index in [0.717, 1.165) is 35.2 Å². The average Bonchev–Trinajstić information content (AvgIpc) is 3.05. The lowest BCUT2D eigenvalue weighted by Crippen LogP contribution is -2.26. The van der Waals surface area contributed by atoms with E-state index >= 15 is 0 Å². The van der Waals surface area contributed by atoms with Gasteiger partial charge in [-0.3, -0.25) is 10.1 Å². The lowest BCUT2D eigenvalue weighted by atomic mass is 9.94. The number of piperidine rings is 1. The zero-order chi connectivity index (χ0) is 14.1. The van der Waals surface area contributed by atoms with Crippen LogP contribution in [0.4, 0.5) is 0 Å². The molecule has 1 aromatic carbocycles. The molecule has 3 aromatic rings. The summed E-state index contributed by atoms with van der Waals surface area (Å²) < 4.78 is 0. The Morgan fingerprint density at radius 3 is 2.81 bits per heavy atom. The Morgan fingerprint density at radius 1 is 1.05 bits per heavy atom. The second-order valence-electron chi connectivity index (χ2n) is 5.61. The van der Waals surface area contributed by atoms with Gasteiger partial charge in [0.15, 0.2) is 0 Å². The lowest BCUT2D eigenvalue weighted by Gasteiger charge is -2.20. The van der Waals surface area contributed by atoms with Gasteiger partial charge in [-0.1, -0.05) is 24.3 Å². The molecule has 4 rings (SSSR count). The van der Waals surface area contributed by atoms with E-state index in [9.17, 15) is 0 Å². The van der Waals surface area contributed by atoms with Crippen molar-refractivity contribution in [2.75, 3.05) is 13.1 Å². The Morgan fingerprint density at radius 2 is 1.90 bits per heavy atom. The third kappa shape index (κ3) is 2.32. The molecule has 1 fully saturated rings. The number of nitrogens with one attached hydrogen (secondary N) is 2. The van der Waals surface area contributed by atoms with Crippen LogP contribution in [0.3, 0.4) is 0 Å². The van der Waals surface area contributed by atoms with Crippen molar-refractivity contribution in [2.24, 2.45) is 0 Å². The van der Waals surface area contributed by atoms with Gasteiger partial charge in [-0.15, -0.1) is 0 Å². The highest BCUT2D eigenvalue weighted by molar-refractivity contribution is 5.92. The first-order valence-electron chi connectivity index (χ1n) is 7.52. The van der Waals surface area contributed by atoms with Gasteiger partial charge in [-0.05, 0) is 38.1 Å². The summed E-state index contributed by atoms with van der Waals surface area (Å²) in [6.07, 6.45) is 4.19. The normalized spacial score (nSPS) is 16.4. The fourth-order valence-electron chi connectivity index (χ4n) is 3.13. The second kappa shape index (κ2) is 5.30. The third-order valence-electron chi connectivity index (χ3n) is 4.29. The maximum absolute atomic E-state index is 4.53. The summed E-state index contributed by atoms with van der Waals surface area (Å²) in [5, 5.41) is 12.3. The fraction of sp³-hybridized carbons (Fsp3) is 0.294. The molecular formula is C17H18N4. The predicted octanol–water partition coefficient (Wildman–Crippen LogP) is 3.09. The van der Waals surface area contributed by atoms with Gasteiger partial charge in [0.2, 0.25) is 0 Å². The molecule has 0 unspecified atom stereocenters. The summed E-state index contributed by atoms with van der Waals surface area (Å²) in [6.45, 7) is 2.18. The third-order valence-corrected chi connectivity index (χ3v) is 4.29. The molecule has 3 heterocycles. The number of nitrogens with zero attached hydrogens (tertiary/aromatic N) is 2. The number of para-hydroxylation sites is 1. The summed E-state index contributed by atoms with van der Waals surface area (Å²) in [7, 11) is 0. The van der Waals surface area contributed by atoms with Gasteiger partial charge >= 0.3 is 0 Å². The second-order valence-corrected chi connectivity index (χ2v) is 5.61. The largest absolute Gasteiger partial charge is 0.317 e. The van der Waals surface area contributed by atoms with E-state index in [1.165, 1.54) is 18.5 Å². The summed E-state index contributed by atoms with van der Waals surface area (Å²) >= 11 is 0. The molecule has 4 heteroatoms. The van der Waals surface area contributed by atoms with Crippen molar-refractivity contribution < 1.29 is 0 Å². The highest BCUT2D eigenvalue weighted by Crippen LogP contribution is 2.30. The zero-order valence-electron chi connectivity index (χ0n) is 11.8. The first-order chi connectivity index (χ1) is 10.4. The van der Waals surface area contributed by atoms with Crippen LogP contribution in [-0.2, 0) is 0 Å². The van der Waals surface area contributed by atoms with Gasteiger partial charge in [-0.2, -0.15) is 5.10 Å². The molecule has 2 N–H and O–H groups in total. The molecule has 0 radical (unpaired) electrons. The van der Waals surface area contributed by atoms with E-state index in [2.05, 4.69) is 50.8 Å². The van der Waals surface area contributed by atoms with E-state index in [1.54, 1.807) is 0 Å². The number of H-pyrrole nitrogens is 1. The average molecular weight is 278 g/mol. The highest BCUT2D eigenvalue weighted by atomic mass is 15.1. The van der Waals surface area contributed by atoms with Crippen LogP contribution in [0.2, 0.25) is 0 Å². The minimum atomic E-state index is 0.593. The first kappa shape index (κ1) is 12.5. The quantitative estimate of drug-likeness (QED) is 0.757. The zero-order valence-corrected chi connectivity index (χ0v) is 11.8. The SMILES string of the molecule is c1cnc2c(-c3cc(C4CCNCC4)[nH]n3)cccc2c1. The van der Waals surface area contributed by atoms with Crippen molar-refractivity contribution in [1.82, 2.24) is 20.5 Å². The van der Waals surface area contributed by atoms with Crippen LogP contribution in [0.1, 0.15) is 24.5 Å². The van der Waals surface area contributed by atoms with Crippen LogP contribution in [0.5, 0.6) is 0 Å². The van der Waals surface area contributed by atoms with Crippen LogP contribution in [-0.4, -0.2) is 28.3 Å². The molecule has 1 saturated heterocycles. The van der Waals surface area contributed by atoms with Gasteiger partial charge in [0.05, 0.1) is 11.2 Å². The predicted molar refractivity (Wildman–Crippen MR) is 84.2 cm³/mol. The molecule has 0 aliphatic carbocycles. The molecule has 1 aliphatic heterocycles. The van der Waals surface area contributed by atoms with E-state index < -0.39 is 0 Å². The van der Waals surface area contributed by atoms with Gasteiger partial charge in [0, 0.05) is 28.8 Å². The Bertz CT molecular complexity index is 751. The molecule has 21 heavy (non-hydrogen) atoms. The molecule has 2 aromatic heterocycles. The first-order valence-corrected chi connectivity index (χ1v) is 7.52. The number of rotatable bonds is 2. The van der Waals surface area contributed by atoms with Gasteiger partial charge in [0.1, 0.15) is 0 Å². The summed E-state index contributed by atoms with van der Waals surface area (Å²) in [6, 6.07) is 12.5. The lowest BCUT2D eigenvalue weighted by molar-refractivity contribution is 0.453. The van der Waals surface area contributed by atoms with E-state index in [0.29, 0.717) is 5.92 Å². The monoisotopic (exact) mass is 278 g/mol. The number of benzene rings is 1.